The first-order valence-corrected chi connectivity index (χ1v) is 11.6. The van der Waals surface area contributed by atoms with Crippen LogP contribution in [0.3, 0.4) is 0 Å². The van der Waals surface area contributed by atoms with Crippen molar-refractivity contribution in [3.8, 4) is 0 Å². The Morgan fingerprint density at radius 3 is 2.57 bits per heavy atom. The van der Waals surface area contributed by atoms with Crippen LogP contribution in [0.15, 0.2) is 43.0 Å². The summed E-state index contributed by atoms with van der Waals surface area (Å²) in [4.78, 5) is 0. The third kappa shape index (κ3) is 3.33. The Kier molecular flexibility index (Phi) is 5.66. The first-order valence-electron chi connectivity index (χ1n) is 4.69. The SMILES string of the molecule is C=CC[C@@H]1[CH-][C@@H]1c1ccccc1.[Zn+][Br]. The van der Waals surface area contributed by atoms with Crippen LogP contribution < -0.4 is 0 Å². The molecule has 1 aromatic rings. The van der Waals surface area contributed by atoms with Gasteiger partial charge in [0.05, 0.1) is 0 Å². The summed E-state index contributed by atoms with van der Waals surface area (Å²) in [6.07, 6.45) is 5.51. The van der Waals surface area contributed by atoms with Gasteiger partial charge in [-0.1, -0.05) is 48.4 Å². The predicted molar refractivity (Wildman–Crippen MR) is 60.7 cm³/mol. The summed E-state index contributed by atoms with van der Waals surface area (Å²) >= 11 is 4.25. The fourth-order valence-electron chi connectivity index (χ4n) is 1.65. The minimum absolute atomic E-state index is 0.698. The number of hydrogen-bond acceptors (Lipinski definition) is 0. The van der Waals surface area contributed by atoms with Crippen LogP contribution in [0.25, 0.3) is 0 Å². The first kappa shape index (κ1) is 12.1. The Morgan fingerprint density at radius 2 is 2.00 bits per heavy atom. The van der Waals surface area contributed by atoms with E-state index in [-0.39, 0.29) is 0 Å². The molecule has 2 atom stereocenters. The van der Waals surface area contributed by atoms with Gasteiger partial charge in [-0.05, 0) is 0 Å². The van der Waals surface area contributed by atoms with E-state index in [0.29, 0.717) is 5.92 Å². The number of benzene rings is 1. The average Bonchev–Trinajstić information content (AvgIpc) is 3.02. The van der Waals surface area contributed by atoms with Crippen LogP contribution in [-0.4, -0.2) is 0 Å². The molecule has 1 aliphatic carbocycles. The molecule has 2 heteroatoms. The van der Waals surface area contributed by atoms with Gasteiger partial charge in [-0.25, -0.2) is 0 Å². The van der Waals surface area contributed by atoms with Crippen molar-refractivity contribution in [2.24, 2.45) is 5.92 Å². The van der Waals surface area contributed by atoms with Gasteiger partial charge in [0.25, 0.3) is 0 Å². The fraction of sp³-hybridized carbons (Fsp3) is 0.250. The van der Waals surface area contributed by atoms with E-state index in [4.69, 9.17) is 0 Å². The van der Waals surface area contributed by atoms with Crippen molar-refractivity contribution in [1.82, 2.24) is 0 Å². The zero-order chi connectivity index (χ0) is 10.4. The summed E-state index contributed by atoms with van der Waals surface area (Å²) < 4.78 is 0. The number of rotatable bonds is 3. The van der Waals surface area contributed by atoms with E-state index in [0.717, 1.165) is 12.3 Å². The van der Waals surface area contributed by atoms with Gasteiger partial charge in [-0.3, -0.25) is 0 Å². The molecule has 0 unspecified atom stereocenters. The zero-order valence-electron chi connectivity index (χ0n) is 8.20. The molecule has 0 bridgehead atoms. The van der Waals surface area contributed by atoms with Gasteiger partial charge in [0.15, 0.2) is 0 Å². The van der Waals surface area contributed by atoms with E-state index in [1.807, 2.05) is 6.08 Å². The Labute approximate surface area is 103 Å². The average molecular weight is 303 g/mol. The second-order valence-electron chi connectivity index (χ2n) is 3.32. The maximum atomic E-state index is 3.75. The van der Waals surface area contributed by atoms with Gasteiger partial charge in [0, 0.05) is 0 Å². The Bertz CT molecular complexity index is 271. The normalized spacial score (nSPS) is 23.4. The molecule has 14 heavy (non-hydrogen) atoms. The first-order chi connectivity index (χ1) is 6.92. The van der Waals surface area contributed by atoms with Crippen LogP contribution in [0.2, 0.25) is 0 Å². The number of halogens is 1. The molecule has 1 aliphatic rings. The fourth-order valence-corrected chi connectivity index (χ4v) is 1.65. The molecule has 1 fully saturated rings. The van der Waals surface area contributed by atoms with E-state index >= 15 is 0 Å². The molecular formula is C12H13BrZn. The summed E-state index contributed by atoms with van der Waals surface area (Å²) in [6, 6.07) is 10.7. The van der Waals surface area contributed by atoms with Gasteiger partial charge < -0.3 is 6.42 Å². The second kappa shape index (κ2) is 6.53. The molecular weight excluding hydrogens is 289 g/mol. The van der Waals surface area contributed by atoms with E-state index < -0.39 is 0 Å². The van der Waals surface area contributed by atoms with Crippen molar-refractivity contribution in [2.75, 3.05) is 0 Å². The molecule has 1 aromatic carbocycles. The van der Waals surface area contributed by atoms with Gasteiger partial charge in [0.1, 0.15) is 0 Å². The van der Waals surface area contributed by atoms with Crippen LogP contribution in [0.1, 0.15) is 17.9 Å². The minimum atomic E-state index is 0.698. The van der Waals surface area contributed by atoms with Crippen LogP contribution >= 0.6 is 13.6 Å². The van der Waals surface area contributed by atoms with Crippen LogP contribution in [-0.2, 0) is 16.3 Å². The standard InChI is InChI=1S/C12H13.BrH.Zn/c1-2-6-11-9-12(11)10-7-4-3-5-8-10;;/h2-5,7-9,11-12H,1,6H2;1H;/q-1;;+2/p-1/t11-,12-;;/m1../s1. The van der Waals surface area contributed by atoms with E-state index in [2.05, 4.69) is 57.0 Å². The molecule has 0 saturated heterocycles. The van der Waals surface area contributed by atoms with E-state index in [1.165, 1.54) is 21.9 Å². The van der Waals surface area contributed by atoms with E-state index in [1.54, 1.807) is 0 Å². The van der Waals surface area contributed by atoms with Crippen LogP contribution in [0.5, 0.6) is 0 Å². The van der Waals surface area contributed by atoms with Crippen LogP contribution in [0, 0.1) is 12.3 Å². The Morgan fingerprint density at radius 1 is 1.36 bits per heavy atom. The summed E-state index contributed by atoms with van der Waals surface area (Å²) in [5.74, 6) is 1.45. The summed E-state index contributed by atoms with van der Waals surface area (Å²) in [5, 5.41) is 0. The summed E-state index contributed by atoms with van der Waals surface area (Å²) in [5.41, 5.74) is 1.45. The van der Waals surface area contributed by atoms with Crippen molar-refractivity contribution in [2.45, 2.75) is 12.3 Å². The molecule has 70 valence electrons. The quantitative estimate of drug-likeness (QED) is 0.449. The molecule has 0 N–H and O–H groups in total. The summed E-state index contributed by atoms with van der Waals surface area (Å²) in [6.45, 7) is 3.75. The summed E-state index contributed by atoms with van der Waals surface area (Å²) in [7, 11) is 0. The van der Waals surface area contributed by atoms with Crippen molar-refractivity contribution in [1.29, 1.82) is 0 Å². The van der Waals surface area contributed by atoms with E-state index in [9.17, 15) is 0 Å². The molecule has 0 nitrogen and oxygen atoms in total. The molecule has 0 aromatic heterocycles. The zero-order valence-corrected chi connectivity index (χ0v) is 12.7. The molecule has 2 rings (SSSR count). The molecule has 1 saturated carbocycles. The van der Waals surface area contributed by atoms with Gasteiger partial charge in [-0.15, -0.1) is 6.58 Å². The monoisotopic (exact) mass is 300 g/mol. The molecule has 0 spiro atoms. The molecule has 0 radical (unpaired) electrons. The number of hydrogen-bond donors (Lipinski definition) is 0. The van der Waals surface area contributed by atoms with Crippen molar-refractivity contribution in [3.05, 3.63) is 55.0 Å². The predicted octanol–water partition coefficient (Wildman–Crippen LogP) is 4.02. The second-order valence-corrected chi connectivity index (χ2v) is 3.32. The van der Waals surface area contributed by atoms with Crippen molar-refractivity contribution >= 4 is 13.6 Å². The molecule has 0 amide bonds. The third-order valence-electron chi connectivity index (χ3n) is 2.40. The molecule has 0 aliphatic heterocycles. The molecule has 0 heterocycles. The topological polar surface area (TPSA) is 0 Å². The van der Waals surface area contributed by atoms with Gasteiger partial charge in [-0.2, -0.15) is 11.8 Å². The Hall–Kier alpha value is 0.0634. The number of allylic oxidation sites excluding steroid dienone is 1. The van der Waals surface area contributed by atoms with Gasteiger partial charge in [0.2, 0.25) is 0 Å². The van der Waals surface area contributed by atoms with Crippen LogP contribution in [0.4, 0.5) is 0 Å². The van der Waals surface area contributed by atoms with Crippen molar-refractivity contribution in [3.63, 3.8) is 0 Å². The Balaban J connectivity index is 0.000000461. The third-order valence-corrected chi connectivity index (χ3v) is 2.40. The van der Waals surface area contributed by atoms with Gasteiger partial charge >= 0.3 is 30.0 Å². The maximum absolute atomic E-state index is 3.75. The van der Waals surface area contributed by atoms with Crippen molar-refractivity contribution < 1.29 is 16.3 Å².